The molecular weight excluding hydrogens is 286 g/mol. The molecule has 3 rings (SSSR count). The zero-order valence-electron chi connectivity index (χ0n) is 12.0. The van der Waals surface area contributed by atoms with Gasteiger partial charge < -0.3 is 0 Å². The van der Waals surface area contributed by atoms with Gasteiger partial charge >= 0.3 is 0 Å². The number of hydrogen-bond acceptors (Lipinski definition) is 2. The van der Waals surface area contributed by atoms with Gasteiger partial charge in [0.25, 0.3) is 5.56 Å². The van der Waals surface area contributed by atoms with Crippen molar-refractivity contribution in [1.82, 2.24) is 14.6 Å². The number of rotatable bonds is 3. The molecule has 21 heavy (non-hydrogen) atoms. The summed E-state index contributed by atoms with van der Waals surface area (Å²) >= 11 is 5.94. The van der Waals surface area contributed by atoms with Gasteiger partial charge in [0.05, 0.1) is 0 Å². The molecule has 0 saturated carbocycles. The number of benzene rings is 1. The number of H-pyrrole nitrogens is 1. The van der Waals surface area contributed by atoms with Crippen LogP contribution >= 0.6 is 11.6 Å². The van der Waals surface area contributed by atoms with Crippen LogP contribution in [0.4, 0.5) is 0 Å². The number of nitrogens with zero attached hydrogens (tertiary/aromatic N) is 2. The Morgan fingerprint density at radius 1 is 1.29 bits per heavy atom. The molecule has 0 spiro atoms. The summed E-state index contributed by atoms with van der Waals surface area (Å²) in [5, 5.41) is 3.77. The van der Waals surface area contributed by atoms with E-state index in [9.17, 15) is 4.79 Å². The van der Waals surface area contributed by atoms with Crippen molar-refractivity contribution >= 4 is 17.2 Å². The van der Waals surface area contributed by atoms with Gasteiger partial charge in [-0.1, -0.05) is 37.1 Å². The second-order valence-corrected chi connectivity index (χ2v) is 5.55. The van der Waals surface area contributed by atoms with Crippen LogP contribution in [0.25, 0.3) is 16.8 Å². The van der Waals surface area contributed by atoms with E-state index >= 15 is 0 Å². The minimum Gasteiger partial charge on any atom is -0.293 e. The van der Waals surface area contributed by atoms with Crippen LogP contribution in [0.15, 0.2) is 35.1 Å². The van der Waals surface area contributed by atoms with Crippen molar-refractivity contribution in [3.63, 3.8) is 0 Å². The highest BCUT2D eigenvalue weighted by molar-refractivity contribution is 6.30. The average Bonchev–Trinajstić information content (AvgIpc) is 2.77. The van der Waals surface area contributed by atoms with Gasteiger partial charge in [-0.3, -0.25) is 9.89 Å². The lowest BCUT2D eigenvalue weighted by Gasteiger charge is -2.02. The minimum atomic E-state index is -0.0771. The molecule has 0 amide bonds. The first-order valence-corrected chi connectivity index (χ1v) is 7.35. The third-order valence-corrected chi connectivity index (χ3v) is 3.74. The highest BCUT2D eigenvalue weighted by atomic mass is 35.5. The maximum Gasteiger partial charge on any atom is 0.272 e. The van der Waals surface area contributed by atoms with E-state index in [1.807, 2.05) is 31.2 Å². The van der Waals surface area contributed by atoms with Crippen LogP contribution in [0.1, 0.15) is 24.7 Å². The first-order chi connectivity index (χ1) is 10.1. The Bertz CT molecular complexity index is 846. The molecule has 0 atom stereocenters. The van der Waals surface area contributed by atoms with Gasteiger partial charge in [0.2, 0.25) is 0 Å². The van der Waals surface area contributed by atoms with Crippen molar-refractivity contribution in [2.75, 3.05) is 0 Å². The third-order valence-electron chi connectivity index (χ3n) is 3.49. The third kappa shape index (κ3) is 2.47. The SMILES string of the molecule is CCCc1cc(=O)n2[nH]c(C)c(-c3ccc(Cl)cc3)c2n1. The predicted octanol–water partition coefficient (Wildman–Crippen LogP) is 3.60. The van der Waals surface area contributed by atoms with Crippen molar-refractivity contribution < 1.29 is 0 Å². The molecule has 3 aromatic rings. The Balaban J connectivity index is 2.28. The number of fused-ring (bicyclic) bond motifs is 1. The zero-order chi connectivity index (χ0) is 15.0. The fourth-order valence-electron chi connectivity index (χ4n) is 2.54. The molecule has 0 radical (unpaired) electrons. The van der Waals surface area contributed by atoms with Crippen molar-refractivity contribution in [2.45, 2.75) is 26.7 Å². The van der Waals surface area contributed by atoms with Gasteiger partial charge in [-0.15, -0.1) is 0 Å². The fourth-order valence-corrected chi connectivity index (χ4v) is 2.67. The fraction of sp³-hybridized carbons (Fsp3) is 0.250. The monoisotopic (exact) mass is 301 g/mol. The molecule has 2 aromatic heterocycles. The molecule has 0 saturated heterocycles. The molecule has 1 N–H and O–H groups in total. The van der Waals surface area contributed by atoms with E-state index in [1.165, 1.54) is 4.52 Å². The number of aryl methyl sites for hydroxylation is 2. The molecular formula is C16H16ClN3O. The standard InChI is InChI=1S/C16H16ClN3O/c1-3-4-13-9-14(21)20-16(18-13)15(10(2)19-20)11-5-7-12(17)8-6-11/h5-9,19H,3-4H2,1-2H3. The van der Waals surface area contributed by atoms with Crippen molar-refractivity contribution in [3.05, 3.63) is 57.1 Å². The zero-order valence-corrected chi connectivity index (χ0v) is 12.7. The normalized spacial score (nSPS) is 11.2. The van der Waals surface area contributed by atoms with Crippen molar-refractivity contribution in [3.8, 4) is 11.1 Å². The molecule has 0 aliphatic rings. The van der Waals surface area contributed by atoms with E-state index < -0.39 is 0 Å². The lowest BCUT2D eigenvalue weighted by molar-refractivity contribution is 0.833. The Kier molecular flexibility index (Phi) is 3.55. The summed E-state index contributed by atoms with van der Waals surface area (Å²) in [6.07, 6.45) is 1.76. The smallest absolute Gasteiger partial charge is 0.272 e. The van der Waals surface area contributed by atoms with Crippen LogP contribution in [0, 0.1) is 6.92 Å². The molecule has 5 heteroatoms. The highest BCUT2D eigenvalue weighted by Crippen LogP contribution is 2.27. The molecule has 0 bridgehead atoms. The summed E-state index contributed by atoms with van der Waals surface area (Å²) in [5.41, 5.74) is 4.28. The molecule has 2 heterocycles. The largest absolute Gasteiger partial charge is 0.293 e. The van der Waals surface area contributed by atoms with Gasteiger partial charge in [-0.25, -0.2) is 9.50 Å². The summed E-state index contributed by atoms with van der Waals surface area (Å²) in [7, 11) is 0. The molecule has 0 fully saturated rings. The highest BCUT2D eigenvalue weighted by Gasteiger charge is 2.14. The van der Waals surface area contributed by atoms with E-state index in [0.29, 0.717) is 10.7 Å². The molecule has 0 aliphatic heterocycles. The van der Waals surface area contributed by atoms with Crippen LogP contribution in [0.5, 0.6) is 0 Å². The minimum absolute atomic E-state index is 0.0771. The Morgan fingerprint density at radius 3 is 2.67 bits per heavy atom. The molecule has 1 aromatic carbocycles. The number of nitrogens with one attached hydrogen (secondary N) is 1. The van der Waals surface area contributed by atoms with Crippen molar-refractivity contribution in [1.29, 1.82) is 0 Å². The number of aromatic nitrogens is 3. The van der Waals surface area contributed by atoms with Gasteiger partial charge in [0.15, 0.2) is 5.65 Å². The van der Waals surface area contributed by atoms with Gasteiger partial charge in [-0.05, 0) is 31.0 Å². The van der Waals surface area contributed by atoms with E-state index in [2.05, 4.69) is 17.0 Å². The topological polar surface area (TPSA) is 50.2 Å². The summed E-state index contributed by atoms with van der Waals surface area (Å²) < 4.78 is 1.50. The summed E-state index contributed by atoms with van der Waals surface area (Å²) in [5.74, 6) is 0. The van der Waals surface area contributed by atoms with Crippen LogP contribution in [-0.4, -0.2) is 14.6 Å². The predicted molar refractivity (Wildman–Crippen MR) is 85.0 cm³/mol. The average molecular weight is 302 g/mol. The van der Waals surface area contributed by atoms with E-state index in [0.717, 1.165) is 35.4 Å². The van der Waals surface area contributed by atoms with E-state index in [4.69, 9.17) is 11.6 Å². The lowest BCUT2D eigenvalue weighted by Crippen LogP contribution is -2.15. The Hall–Kier alpha value is -2.07. The second-order valence-electron chi connectivity index (χ2n) is 5.11. The van der Waals surface area contributed by atoms with Crippen LogP contribution < -0.4 is 5.56 Å². The van der Waals surface area contributed by atoms with Crippen molar-refractivity contribution in [2.24, 2.45) is 0 Å². The molecule has 4 nitrogen and oxygen atoms in total. The maximum atomic E-state index is 12.2. The Labute approximate surface area is 127 Å². The Morgan fingerprint density at radius 2 is 2.00 bits per heavy atom. The lowest BCUT2D eigenvalue weighted by atomic mass is 10.1. The second kappa shape index (κ2) is 5.37. The first-order valence-electron chi connectivity index (χ1n) is 6.97. The molecule has 0 unspecified atom stereocenters. The number of halogens is 1. The van der Waals surface area contributed by atoms with Gasteiger partial charge in [0.1, 0.15) is 0 Å². The molecule has 108 valence electrons. The summed E-state index contributed by atoms with van der Waals surface area (Å²) in [6, 6.07) is 9.16. The number of aromatic amines is 1. The maximum absolute atomic E-state index is 12.2. The van der Waals surface area contributed by atoms with Crippen LogP contribution in [-0.2, 0) is 6.42 Å². The summed E-state index contributed by atoms with van der Waals surface area (Å²) in [4.78, 5) is 16.8. The van der Waals surface area contributed by atoms with Gasteiger partial charge in [0, 0.05) is 28.0 Å². The van der Waals surface area contributed by atoms with E-state index in [1.54, 1.807) is 6.07 Å². The van der Waals surface area contributed by atoms with E-state index in [-0.39, 0.29) is 5.56 Å². The van der Waals surface area contributed by atoms with Crippen LogP contribution in [0.3, 0.4) is 0 Å². The quantitative estimate of drug-likeness (QED) is 0.803. The van der Waals surface area contributed by atoms with Crippen LogP contribution in [0.2, 0.25) is 5.02 Å². The van der Waals surface area contributed by atoms with Gasteiger partial charge in [-0.2, -0.15) is 0 Å². The summed E-state index contributed by atoms with van der Waals surface area (Å²) in [6.45, 7) is 4.02. The first kappa shape index (κ1) is 13.9. The molecule has 0 aliphatic carbocycles. The number of hydrogen-bond donors (Lipinski definition) is 1.